The summed E-state index contributed by atoms with van der Waals surface area (Å²) in [6, 6.07) is 0. The monoisotopic (exact) mass is 244 g/mol. The Bertz CT molecular complexity index is 275. The van der Waals surface area contributed by atoms with Gasteiger partial charge in [0.2, 0.25) is 5.91 Å². The van der Waals surface area contributed by atoms with Crippen LogP contribution in [0, 0.1) is 5.41 Å². The molecule has 1 atom stereocenters. The maximum absolute atomic E-state index is 11.9. The van der Waals surface area contributed by atoms with E-state index in [1.165, 1.54) is 0 Å². The van der Waals surface area contributed by atoms with Crippen LogP contribution in [0.4, 0.5) is 0 Å². The van der Waals surface area contributed by atoms with Crippen molar-refractivity contribution in [3.63, 3.8) is 0 Å². The summed E-state index contributed by atoms with van der Waals surface area (Å²) < 4.78 is 4.84. The van der Waals surface area contributed by atoms with Gasteiger partial charge in [-0.05, 0) is 26.3 Å². The second kappa shape index (κ2) is 6.56. The molecule has 0 aliphatic carbocycles. The Morgan fingerprint density at radius 1 is 1.53 bits per heavy atom. The molecule has 1 heterocycles. The standard InChI is InChI=1S/C11H20N2O4/c1-11(3-2-4-12-8-11)10(16)13-5-6-17-7-9(14)15/h12H,2-8H2,1H3,(H,13,16)(H,14,15). The zero-order valence-electron chi connectivity index (χ0n) is 10.1. The van der Waals surface area contributed by atoms with Crippen molar-refractivity contribution in [3.05, 3.63) is 0 Å². The average Bonchev–Trinajstić information content (AvgIpc) is 2.29. The molecule has 1 unspecified atom stereocenters. The van der Waals surface area contributed by atoms with Crippen LogP contribution in [0.5, 0.6) is 0 Å². The highest BCUT2D eigenvalue weighted by Gasteiger charge is 2.34. The molecule has 0 bridgehead atoms. The Kier molecular flexibility index (Phi) is 5.37. The Morgan fingerprint density at radius 2 is 2.29 bits per heavy atom. The number of nitrogens with one attached hydrogen (secondary N) is 2. The molecule has 0 spiro atoms. The van der Waals surface area contributed by atoms with Crippen LogP contribution in [-0.4, -0.2) is 49.8 Å². The second-order valence-corrected chi connectivity index (χ2v) is 4.54. The number of carboxylic acids is 1. The van der Waals surface area contributed by atoms with Gasteiger partial charge in [0.1, 0.15) is 6.61 Å². The summed E-state index contributed by atoms with van der Waals surface area (Å²) in [6.07, 6.45) is 1.88. The molecule has 1 fully saturated rings. The lowest BCUT2D eigenvalue weighted by atomic mass is 9.82. The minimum Gasteiger partial charge on any atom is -0.480 e. The number of rotatable bonds is 6. The van der Waals surface area contributed by atoms with E-state index in [0.29, 0.717) is 13.1 Å². The van der Waals surface area contributed by atoms with Gasteiger partial charge >= 0.3 is 5.97 Å². The summed E-state index contributed by atoms with van der Waals surface area (Å²) in [5.41, 5.74) is -0.356. The van der Waals surface area contributed by atoms with Crippen molar-refractivity contribution in [1.29, 1.82) is 0 Å². The molecule has 1 amide bonds. The fourth-order valence-electron chi connectivity index (χ4n) is 1.86. The Balaban J connectivity index is 2.17. The van der Waals surface area contributed by atoms with Gasteiger partial charge in [0, 0.05) is 13.1 Å². The highest BCUT2D eigenvalue weighted by molar-refractivity contribution is 5.82. The van der Waals surface area contributed by atoms with Gasteiger partial charge in [0.25, 0.3) is 0 Å². The largest absolute Gasteiger partial charge is 0.480 e. The molecule has 17 heavy (non-hydrogen) atoms. The molecule has 0 aromatic carbocycles. The molecule has 1 saturated heterocycles. The van der Waals surface area contributed by atoms with E-state index in [4.69, 9.17) is 9.84 Å². The van der Waals surface area contributed by atoms with Crippen LogP contribution in [0.1, 0.15) is 19.8 Å². The predicted molar refractivity (Wildman–Crippen MR) is 61.7 cm³/mol. The van der Waals surface area contributed by atoms with Gasteiger partial charge in [0.15, 0.2) is 0 Å². The first-order valence-electron chi connectivity index (χ1n) is 5.83. The van der Waals surface area contributed by atoms with E-state index < -0.39 is 5.97 Å². The minimum atomic E-state index is -1.00. The Labute approximate surface area is 101 Å². The van der Waals surface area contributed by atoms with Crippen LogP contribution in [0.25, 0.3) is 0 Å². The summed E-state index contributed by atoms with van der Waals surface area (Å²) in [5, 5.41) is 14.3. The molecule has 1 aliphatic heterocycles. The number of aliphatic carboxylic acids is 1. The molecular weight excluding hydrogens is 224 g/mol. The topological polar surface area (TPSA) is 87.7 Å². The first kappa shape index (κ1) is 13.9. The third kappa shape index (κ3) is 4.70. The quantitative estimate of drug-likeness (QED) is 0.553. The fourth-order valence-corrected chi connectivity index (χ4v) is 1.86. The second-order valence-electron chi connectivity index (χ2n) is 4.54. The predicted octanol–water partition coefficient (Wildman–Crippen LogP) is -0.406. The highest BCUT2D eigenvalue weighted by atomic mass is 16.5. The first-order chi connectivity index (χ1) is 8.04. The third-order valence-corrected chi connectivity index (χ3v) is 2.90. The number of hydrogen-bond acceptors (Lipinski definition) is 4. The van der Waals surface area contributed by atoms with E-state index in [0.717, 1.165) is 19.4 Å². The molecule has 0 aromatic rings. The molecule has 3 N–H and O–H groups in total. The van der Waals surface area contributed by atoms with Crippen molar-refractivity contribution in [2.24, 2.45) is 5.41 Å². The van der Waals surface area contributed by atoms with Crippen LogP contribution in [0.2, 0.25) is 0 Å². The van der Waals surface area contributed by atoms with Crippen molar-refractivity contribution >= 4 is 11.9 Å². The van der Waals surface area contributed by atoms with Crippen LogP contribution >= 0.6 is 0 Å². The Morgan fingerprint density at radius 3 is 2.88 bits per heavy atom. The van der Waals surface area contributed by atoms with E-state index in [1.807, 2.05) is 6.92 Å². The normalized spacial score (nSPS) is 24.3. The van der Waals surface area contributed by atoms with E-state index in [1.54, 1.807) is 0 Å². The molecule has 0 radical (unpaired) electrons. The molecular formula is C11H20N2O4. The smallest absolute Gasteiger partial charge is 0.329 e. The van der Waals surface area contributed by atoms with Crippen molar-refractivity contribution in [2.75, 3.05) is 32.8 Å². The van der Waals surface area contributed by atoms with Crippen LogP contribution < -0.4 is 10.6 Å². The van der Waals surface area contributed by atoms with Gasteiger partial charge in [-0.15, -0.1) is 0 Å². The van der Waals surface area contributed by atoms with Gasteiger partial charge in [-0.3, -0.25) is 4.79 Å². The van der Waals surface area contributed by atoms with Crippen LogP contribution in [0.3, 0.4) is 0 Å². The molecule has 98 valence electrons. The lowest BCUT2D eigenvalue weighted by molar-refractivity contribution is -0.142. The highest BCUT2D eigenvalue weighted by Crippen LogP contribution is 2.25. The molecule has 1 aliphatic rings. The molecule has 1 rings (SSSR count). The molecule has 6 heteroatoms. The fraction of sp³-hybridized carbons (Fsp3) is 0.818. The number of piperidine rings is 1. The minimum absolute atomic E-state index is 0.00336. The molecule has 0 saturated carbocycles. The average molecular weight is 244 g/mol. The number of hydrogen-bond donors (Lipinski definition) is 3. The first-order valence-corrected chi connectivity index (χ1v) is 5.83. The molecule has 0 aromatic heterocycles. The summed E-state index contributed by atoms with van der Waals surface area (Å²) >= 11 is 0. The maximum atomic E-state index is 11.9. The summed E-state index contributed by atoms with van der Waals surface area (Å²) in [7, 11) is 0. The van der Waals surface area contributed by atoms with Crippen molar-refractivity contribution in [2.45, 2.75) is 19.8 Å². The lowest BCUT2D eigenvalue weighted by Crippen LogP contribution is -2.49. The number of carbonyl (C=O) groups excluding carboxylic acids is 1. The third-order valence-electron chi connectivity index (χ3n) is 2.90. The van der Waals surface area contributed by atoms with E-state index in [9.17, 15) is 9.59 Å². The number of amides is 1. The zero-order valence-corrected chi connectivity index (χ0v) is 10.1. The summed E-state index contributed by atoms with van der Waals surface area (Å²) in [5.74, 6) is -0.997. The Hall–Kier alpha value is -1.14. The van der Waals surface area contributed by atoms with Gasteiger partial charge < -0.3 is 20.5 Å². The van der Waals surface area contributed by atoms with Crippen LogP contribution in [-0.2, 0) is 14.3 Å². The summed E-state index contributed by atoms with van der Waals surface area (Å²) in [6.45, 7) is 3.84. The van der Waals surface area contributed by atoms with Crippen molar-refractivity contribution in [3.8, 4) is 0 Å². The van der Waals surface area contributed by atoms with Gasteiger partial charge in [-0.2, -0.15) is 0 Å². The van der Waals surface area contributed by atoms with E-state index >= 15 is 0 Å². The van der Waals surface area contributed by atoms with E-state index in [2.05, 4.69) is 10.6 Å². The van der Waals surface area contributed by atoms with Gasteiger partial charge in [0.05, 0.1) is 12.0 Å². The number of carbonyl (C=O) groups is 2. The van der Waals surface area contributed by atoms with Crippen LogP contribution in [0.15, 0.2) is 0 Å². The van der Waals surface area contributed by atoms with Crippen molar-refractivity contribution < 1.29 is 19.4 Å². The van der Waals surface area contributed by atoms with Gasteiger partial charge in [-0.1, -0.05) is 0 Å². The SMILES string of the molecule is CC1(C(=O)NCCOCC(=O)O)CCCNC1. The van der Waals surface area contributed by atoms with Crippen molar-refractivity contribution in [1.82, 2.24) is 10.6 Å². The number of ether oxygens (including phenoxy) is 1. The van der Waals surface area contributed by atoms with E-state index in [-0.39, 0.29) is 24.5 Å². The summed E-state index contributed by atoms with van der Waals surface area (Å²) in [4.78, 5) is 22.1. The maximum Gasteiger partial charge on any atom is 0.329 e. The lowest BCUT2D eigenvalue weighted by Gasteiger charge is -2.32. The zero-order chi connectivity index (χ0) is 12.7. The number of carboxylic acid groups (broad SMARTS) is 1. The molecule has 6 nitrogen and oxygen atoms in total. The van der Waals surface area contributed by atoms with Gasteiger partial charge in [-0.25, -0.2) is 4.79 Å².